The molecule has 0 unspecified atom stereocenters. The summed E-state index contributed by atoms with van der Waals surface area (Å²) < 4.78 is 10.0. The van der Waals surface area contributed by atoms with Crippen LogP contribution in [0.3, 0.4) is 0 Å². The van der Waals surface area contributed by atoms with Crippen LogP contribution in [0.5, 0.6) is 5.75 Å². The topological polar surface area (TPSA) is 115 Å². The van der Waals surface area contributed by atoms with Crippen LogP contribution >= 0.6 is 0 Å². The van der Waals surface area contributed by atoms with Crippen molar-refractivity contribution in [3.05, 3.63) is 40.2 Å². The number of benzene rings is 1. The molecule has 8 heteroatoms. The van der Waals surface area contributed by atoms with E-state index in [0.29, 0.717) is 11.1 Å². The molecule has 2 rings (SSSR count). The first-order valence-electron chi connectivity index (χ1n) is 5.77. The van der Waals surface area contributed by atoms with Gasteiger partial charge in [0, 0.05) is 11.5 Å². The number of hydrogen-bond donors (Lipinski definition) is 2. The number of methoxy groups -OCH3 is 1. The third kappa shape index (κ3) is 3.37. The number of hydroxylamine groups is 1. The van der Waals surface area contributed by atoms with Crippen molar-refractivity contribution < 1.29 is 28.7 Å². The maximum Gasteiger partial charge on any atom is 0.349 e. The molecule has 0 atom stereocenters. The van der Waals surface area contributed by atoms with Crippen LogP contribution in [-0.2, 0) is 9.63 Å². The van der Waals surface area contributed by atoms with E-state index < -0.39 is 24.1 Å². The van der Waals surface area contributed by atoms with E-state index in [-0.39, 0.29) is 11.1 Å². The fourth-order valence-electron chi connectivity index (χ4n) is 1.60. The molecule has 21 heavy (non-hydrogen) atoms. The number of carboxylic acid groups (broad SMARTS) is 1. The molecular weight excluding hydrogens is 282 g/mol. The Hall–Kier alpha value is -2.87. The fraction of sp³-hybridized carbons (Fsp3) is 0.154. The number of nitrogens with one attached hydrogen (secondary N) is 1. The van der Waals surface area contributed by atoms with Crippen LogP contribution in [-0.4, -0.2) is 30.7 Å². The summed E-state index contributed by atoms with van der Waals surface area (Å²) in [5.41, 5.74) is 0.958. The highest BCUT2D eigenvalue weighted by Crippen LogP contribution is 2.20. The number of carbonyl (C=O) groups excluding carboxylic acids is 1. The molecule has 1 aromatic heterocycles. The quantitative estimate of drug-likeness (QED) is 0.611. The Kier molecular flexibility index (Phi) is 4.19. The molecule has 1 heterocycles. The lowest BCUT2D eigenvalue weighted by Crippen LogP contribution is -2.30. The summed E-state index contributed by atoms with van der Waals surface area (Å²) in [5, 5.41) is 8.89. The molecule has 1 amide bonds. The number of hydrogen-bond acceptors (Lipinski definition) is 6. The lowest BCUT2D eigenvalue weighted by atomic mass is 10.2. The minimum absolute atomic E-state index is 0.266. The molecular formula is C13H11NO7. The summed E-state index contributed by atoms with van der Waals surface area (Å²) in [6.07, 6.45) is 0. The molecule has 0 spiro atoms. The van der Waals surface area contributed by atoms with Gasteiger partial charge in [-0.05, 0) is 18.2 Å². The smallest absolute Gasteiger partial charge is 0.349 e. The first kappa shape index (κ1) is 14.5. The zero-order chi connectivity index (χ0) is 15.4. The second-order valence-corrected chi connectivity index (χ2v) is 3.96. The van der Waals surface area contributed by atoms with E-state index in [4.69, 9.17) is 14.3 Å². The van der Waals surface area contributed by atoms with E-state index in [2.05, 4.69) is 4.84 Å². The Labute approximate surface area is 117 Å². The summed E-state index contributed by atoms with van der Waals surface area (Å²) in [7, 11) is 1.47. The largest absolute Gasteiger partial charge is 0.497 e. The summed E-state index contributed by atoms with van der Waals surface area (Å²) in [6, 6.07) is 6.09. The highest BCUT2D eigenvalue weighted by atomic mass is 16.7. The van der Waals surface area contributed by atoms with Crippen molar-refractivity contribution in [2.24, 2.45) is 0 Å². The van der Waals surface area contributed by atoms with Gasteiger partial charge in [0.05, 0.1) is 7.11 Å². The van der Waals surface area contributed by atoms with E-state index in [9.17, 15) is 14.4 Å². The number of amides is 1. The summed E-state index contributed by atoms with van der Waals surface area (Å²) in [5.74, 6) is -1.64. The zero-order valence-electron chi connectivity index (χ0n) is 10.9. The summed E-state index contributed by atoms with van der Waals surface area (Å²) in [6.45, 7) is -0.720. The highest BCUT2D eigenvalue weighted by Gasteiger charge is 2.14. The molecule has 2 aromatic rings. The Balaban J connectivity index is 2.28. The molecule has 8 nitrogen and oxygen atoms in total. The minimum Gasteiger partial charge on any atom is -0.497 e. The van der Waals surface area contributed by atoms with Crippen molar-refractivity contribution in [2.45, 2.75) is 0 Å². The normalized spacial score (nSPS) is 10.3. The van der Waals surface area contributed by atoms with E-state index >= 15 is 0 Å². The van der Waals surface area contributed by atoms with E-state index in [1.54, 1.807) is 12.1 Å². The molecule has 0 aliphatic rings. The molecule has 1 aromatic carbocycles. The standard InChI is InChI=1S/C13H11NO7/c1-19-8-3-2-7-4-9(13(18)21-10(7)5-8)12(17)14-20-6-11(15)16/h2-5H,6H2,1H3,(H,14,17)(H,15,16). The second-order valence-electron chi connectivity index (χ2n) is 3.96. The average molecular weight is 293 g/mol. The molecule has 0 saturated heterocycles. The number of ether oxygens (including phenoxy) is 1. The zero-order valence-corrected chi connectivity index (χ0v) is 10.9. The first-order valence-corrected chi connectivity index (χ1v) is 5.77. The van der Waals surface area contributed by atoms with Crippen LogP contribution in [0.25, 0.3) is 11.0 Å². The summed E-state index contributed by atoms with van der Waals surface area (Å²) in [4.78, 5) is 38.1. The molecule has 0 aliphatic carbocycles. The van der Waals surface area contributed by atoms with Crippen LogP contribution in [0.2, 0.25) is 0 Å². The molecule has 0 bridgehead atoms. The predicted molar refractivity (Wildman–Crippen MR) is 70.1 cm³/mol. The first-order chi connectivity index (χ1) is 10.0. The Morgan fingerprint density at radius 1 is 1.33 bits per heavy atom. The van der Waals surface area contributed by atoms with Gasteiger partial charge in [-0.2, -0.15) is 0 Å². The average Bonchev–Trinajstić information content (AvgIpc) is 2.45. The minimum atomic E-state index is -1.26. The van der Waals surface area contributed by atoms with Gasteiger partial charge in [-0.3, -0.25) is 9.63 Å². The monoisotopic (exact) mass is 293 g/mol. The van der Waals surface area contributed by atoms with Crippen molar-refractivity contribution in [3.63, 3.8) is 0 Å². The fourth-order valence-corrected chi connectivity index (χ4v) is 1.60. The van der Waals surface area contributed by atoms with Gasteiger partial charge in [0.25, 0.3) is 5.91 Å². The number of carboxylic acids is 1. The van der Waals surface area contributed by atoms with Crippen molar-refractivity contribution in [1.29, 1.82) is 0 Å². The van der Waals surface area contributed by atoms with Gasteiger partial charge in [0.1, 0.15) is 16.9 Å². The molecule has 0 fully saturated rings. The van der Waals surface area contributed by atoms with Gasteiger partial charge in [-0.25, -0.2) is 15.1 Å². The Bertz CT molecular complexity index is 750. The van der Waals surface area contributed by atoms with Crippen molar-refractivity contribution >= 4 is 22.8 Å². The number of rotatable bonds is 5. The highest BCUT2D eigenvalue weighted by molar-refractivity contribution is 5.96. The molecule has 2 N–H and O–H groups in total. The number of fused-ring (bicyclic) bond motifs is 1. The predicted octanol–water partition coefficient (Wildman–Crippen LogP) is 0.548. The molecule has 0 saturated carbocycles. The van der Waals surface area contributed by atoms with Crippen molar-refractivity contribution in [1.82, 2.24) is 5.48 Å². The third-order valence-corrected chi connectivity index (χ3v) is 2.55. The maximum absolute atomic E-state index is 11.7. The van der Waals surface area contributed by atoms with Crippen LogP contribution in [0, 0.1) is 0 Å². The van der Waals surface area contributed by atoms with Crippen LogP contribution in [0.1, 0.15) is 10.4 Å². The van der Waals surface area contributed by atoms with Gasteiger partial charge in [0.2, 0.25) is 0 Å². The Morgan fingerprint density at radius 3 is 2.76 bits per heavy atom. The lowest BCUT2D eigenvalue weighted by Gasteiger charge is -2.05. The van der Waals surface area contributed by atoms with E-state index in [0.717, 1.165) is 0 Å². The van der Waals surface area contributed by atoms with E-state index in [1.165, 1.54) is 19.2 Å². The molecule has 0 aliphatic heterocycles. The van der Waals surface area contributed by atoms with Crippen molar-refractivity contribution in [2.75, 3.05) is 13.7 Å². The number of aliphatic carboxylic acids is 1. The summed E-state index contributed by atoms with van der Waals surface area (Å²) >= 11 is 0. The molecule has 110 valence electrons. The SMILES string of the molecule is COc1ccc2cc(C(=O)NOCC(=O)O)c(=O)oc2c1. The van der Waals surface area contributed by atoms with Gasteiger partial charge in [-0.15, -0.1) is 0 Å². The van der Waals surface area contributed by atoms with Crippen LogP contribution in [0.4, 0.5) is 0 Å². The van der Waals surface area contributed by atoms with Gasteiger partial charge in [0.15, 0.2) is 6.61 Å². The van der Waals surface area contributed by atoms with E-state index in [1.807, 2.05) is 5.48 Å². The lowest BCUT2D eigenvalue weighted by molar-refractivity contribution is -0.144. The Morgan fingerprint density at radius 2 is 2.10 bits per heavy atom. The maximum atomic E-state index is 11.7. The second kappa shape index (κ2) is 6.06. The number of carbonyl (C=O) groups is 2. The van der Waals surface area contributed by atoms with Crippen LogP contribution < -0.4 is 15.8 Å². The molecule has 0 radical (unpaired) electrons. The third-order valence-electron chi connectivity index (χ3n) is 2.55. The van der Waals surface area contributed by atoms with Gasteiger partial charge >= 0.3 is 11.6 Å². The van der Waals surface area contributed by atoms with Crippen molar-refractivity contribution in [3.8, 4) is 5.75 Å². The van der Waals surface area contributed by atoms with Crippen LogP contribution in [0.15, 0.2) is 33.5 Å². The van der Waals surface area contributed by atoms with Gasteiger partial charge in [-0.1, -0.05) is 0 Å². The van der Waals surface area contributed by atoms with Gasteiger partial charge < -0.3 is 14.3 Å².